The summed E-state index contributed by atoms with van der Waals surface area (Å²) in [5.41, 5.74) is 1.35. The Balaban J connectivity index is 2.25. The van der Waals surface area contributed by atoms with Crippen molar-refractivity contribution in [1.82, 2.24) is 4.90 Å². The third-order valence-electron chi connectivity index (χ3n) is 6.33. The minimum atomic E-state index is -0.659. The van der Waals surface area contributed by atoms with Crippen molar-refractivity contribution in [2.75, 3.05) is 0 Å². The number of allylic oxidation sites excluding steroid dienone is 1. The van der Waals surface area contributed by atoms with Gasteiger partial charge in [0.25, 0.3) is 0 Å². The molecule has 1 saturated heterocycles. The van der Waals surface area contributed by atoms with Crippen LogP contribution in [-0.2, 0) is 9.59 Å². The van der Waals surface area contributed by atoms with Crippen LogP contribution in [0.4, 0.5) is 0 Å². The minimum Gasteiger partial charge on any atom is -0.325 e. The van der Waals surface area contributed by atoms with Crippen molar-refractivity contribution in [2.45, 2.75) is 51.6 Å². The molecule has 0 radical (unpaired) electrons. The lowest BCUT2D eigenvalue weighted by atomic mass is 9.67. The van der Waals surface area contributed by atoms with Crippen LogP contribution in [0.15, 0.2) is 61.2 Å². The smallest absolute Gasteiger partial charge is 0.229 e. The van der Waals surface area contributed by atoms with Gasteiger partial charge >= 0.3 is 0 Å². The van der Waals surface area contributed by atoms with Gasteiger partial charge in [0.15, 0.2) is 0 Å². The molecule has 31 heavy (non-hydrogen) atoms. The molecule has 3 rings (SSSR count). The van der Waals surface area contributed by atoms with E-state index in [1.165, 1.54) is 0 Å². The van der Waals surface area contributed by atoms with Gasteiger partial charge in [-0.15, -0.1) is 6.58 Å². The fourth-order valence-corrected chi connectivity index (χ4v) is 5.09. The Kier molecular flexibility index (Phi) is 7.28. The summed E-state index contributed by atoms with van der Waals surface area (Å²) in [6.45, 7) is 9.80. The van der Waals surface area contributed by atoms with E-state index in [0.29, 0.717) is 22.9 Å². The van der Waals surface area contributed by atoms with E-state index in [-0.39, 0.29) is 23.8 Å². The van der Waals surface area contributed by atoms with E-state index in [1.807, 2.05) is 69.3 Å². The molecule has 0 spiro atoms. The van der Waals surface area contributed by atoms with Gasteiger partial charge in [0.2, 0.25) is 5.91 Å². The standard InChI is InChI=1S/C26H29Cl2NO2/c1-5-13-26(4)15-22(19-7-6-8-21(28)14-19)24(18-9-11-20(27)12-10-18)29(25(26)31)23(16-30)17(2)3/h5-12,14,16-17,22-24H,1,13,15H2,2-4H3/t22-,23?,24-,26+/m1/s1. The number of rotatable bonds is 7. The summed E-state index contributed by atoms with van der Waals surface area (Å²) in [7, 11) is 0. The van der Waals surface area contributed by atoms with Crippen molar-refractivity contribution in [3.63, 3.8) is 0 Å². The van der Waals surface area contributed by atoms with Gasteiger partial charge in [-0.3, -0.25) is 4.79 Å². The van der Waals surface area contributed by atoms with Gasteiger partial charge in [-0.2, -0.15) is 0 Å². The highest BCUT2D eigenvalue weighted by Gasteiger charge is 2.51. The third kappa shape index (κ3) is 4.73. The molecule has 0 aromatic heterocycles. The predicted octanol–water partition coefficient (Wildman–Crippen LogP) is 6.86. The Bertz CT molecular complexity index is 956. The van der Waals surface area contributed by atoms with Crippen molar-refractivity contribution in [3.8, 4) is 0 Å². The minimum absolute atomic E-state index is 0.0172. The summed E-state index contributed by atoms with van der Waals surface area (Å²) in [6.07, 6.45) is 3.86. The Morgan fingerprint density at radius 2 is 1.81 bits per heavy atom. The van der Waals surface area contributed by atoms with E-state index in [2.05, 4.69) is 6.58 Å². The van der Waals surface area contributed by atoms with Gasteiger partial charge in [0.1, 0.15) is 6.29 Å². The lowest BCUT2D eigenvalue weighted by Gasteiger charge is -2.51. The SMILES string of the molecule is C=CC[C@@]1(C)C[C@H](c2cccc(Cl)c2)[C@@H](c2ccc(Cl)cc2)N(C(C=O)C(C)C)C1=O. The number of halogens is 2. The van der Waals surface area contributed by atoms with Crippen LogP contribution in [-0.4, -0.2) is 23.1 Å². The van der Waals surface area contributed by atoms with Crippen LogP contribution in [0.2, 0.25) is 10.0 Å². The quantitative estimate of drug-likeness (QED) is 0.336. The average Bonchev–Trinajstić information content (AvgIpc) is 2.72. The van der Waals surface area contributed by atoms with Gasteiger partial charge in [-0.1, -0.05) is 74.3 Å². The molecule has 5 heteroatoms. The monoisotopic (exact) mass is 457 g/mol. The van der Waals surface area contributed by atoms with Gasteiger partial charge in [0.05, 0.1) is 17.5 Å². The maximum absolute atomic E-state index is 13.9. The molecule has 1 fully saturated rings. The van der Waals surface area contributed by atoms with Crippen molar-refractivity contribution < 1.29 is 9.59 Å². The van der Waals surface area contributed by atoms with Gasteiger partial charge in [-0.25, -0.2) is 0 Å². The van der Waals surface area contributed by atoms with Crippen LogP contribution < -0.4 is 0 Å². The Labute approximate surface area is 195 Å². The van der Waals surface area contributed by atoms with E-state index in [4.69, 9.17) is 23.2 Å². The number of piperidine rings is 1. The van der Waals surface area contributed by atoms with E-state index in [1.54, 1.807) is 11.0 Å². The zero-order valence-electron chi connectivity index (χ0n) is 18.2. The van der Waals surface area contributed by atoms with Gasteiger partial charge in [-0.05, 0) is 54.2 Å². The molecule has 1 heterocycles. The molecule has 2 aromatic carbocycles. The summed E-state index contributed by atoms with van der Waals surface area (Å²) in [5, 5.41) is 1.28. The van der Waals surface area contributed by atoms with Crippen LogP contribution in [0.25, 0.3) is 0 Å². The van der Waals surface area contributed by atoms with E-state index < -0.39 is 11.5 Å². The molecule has 1 aliphatic heterocycles. The van der Waals surface area contributed by atoms with E-state index in [9.17, 15) is 9.59 Å². The fraction of sp³-hybridized carbons (Fsp3) is 0.385. The van der Waals surface area contributed by atoms with Crippen LogP contribution in [0.3, 0.4) is 0 Å². The highest BCUT2D eigenvalue weighted by Crippen LogP contribution is 2.52. The Morgan fingerprint density at radius 1 is 1.13 bits per heavy atom. The zero-order chi connectivity index (χ0) is 22.8. The lowest BCUT2D eigenvalue weighted by Crippen LogP contribution is -2.57. The van der Waals surface area contributed by atoms with Crippen molar-refractivity contribution in [2.24, 2.45) is 11.3 Å². The van der Waals surface area contributed by atoms with Crippen LogP contribution >= 0.6 is 23.2 Å². The molecule has 4 atom stereocenters. The molecule has 0 N–H and O–H groups in total. The summed E-state index contributed by atoms with van der Waals surface area (Å²) in [5.74, 6) is -0.0810. The number of hydrogen-bond donors (Lipinski definition) is 0. The third-order valence-corrected chi connectivity index (χ3v) is 6.82. The predicted molar refractivity (Wildman–Crippen MR) is 127 cm³/mol. The second kappa shape index (κ2) is 9.58. The Hall–Kier alpha value is -2.10. The molecule has 1 unspecified atom stereocenters. The number of carbonyl (C=O) groups excluding carboxylic acids is 2. The zero-order valence-corrected chi connectivity index (χ0v) is 19.7. The molecule has 0 aliphatic carbocycles. The number of amides is 1. The molecule has 3 nitrogen and oxygen atoms in total. The first kappa shape index (κ1) is 23.6. The maximum atomic E-state index is 13.9. The fourth-order valence-electron chi connectivity index (χ4n) is 4.76. The number of nitrogens with zero attached hydrogens (tertiary/aromatic N) is 1. The first-order chi connectivity index (χ1) is 14.7. The lowest BCUT2D eigenvalue weighted by molar-refractivity contribution is -0.157. The summed E-state index contributed by atoms with van der Waals surface area (Å²) in [6, 6.07) is 14.5. The number of carbonyl (C=O) groups is 2. The molecular weight excluding hydrogens is 429 g/mol. The van der Waals surface area contributed by atoms with Crippen LogP contribution in [0.5, 0.6) is 0 Å². The van der Waals surface area contributed by atoms with Crippen molar-refractivity contribution in [1.29, 1.82) is 0 Å². The number of hydrogen-bond acceptors (Lipinski definition) is 2. The molecule has 1 amide bonds. The topological polar surface area (TPSA) is 37.4 Å². The first-order valence-corrected chi connectivity index (χ1v) is 11.4. The van der Waals surface area contributed by atoms with Gasteiger partial charge < -0.3 is 9.69 Å². The summed E-state index contributed by atoms with van der Waals surface area (Å²) < 4.78 is 0. The maximum Gasteiger partial charge on any atom is 0.229 e. The first-order valence-electron chi connectivity index (χ1n) is 10.6. The molecule has 164 valence electrons. The molecule has 1 aliphatic rings. The molecule has 0 bridgehead atoms. The van der Waals surface area contributed by atoms with Crippen molar-refractivity contribution in [3.05, 3.63) is 82.4 Å². The van der Waals surface area contributed by atoms with Gasteiger partial charge in [0, 0.05) is 16.0 Å². The molecule has 2 aromatic rings. The average molecular weight is 458 g/mol. The highest BCUT2D eigenvalue weighted by atomic mass is 35.5. The second-order valence-electron chi connectivity index (χ2n) is 9.00. The van der Waals surface area contributed by atoms with Crippen LogP contribution in [0, 0.1) is 11.3 Å². The summed E-state index contributed by atoms with van der Waals surface area (Å²) in [4.78, 5) is 27.9. The van der Waals surface area contributed by atoms with E-state index in [0.717, 1.165) is 17.4 Å². The van der Waals surface area contributed by atoms with E-state index >= 15 is 0 Å². The van der Waals surface area contributed by atoms with Crippen LogP contribution in [0.1, 0.15) is 56.7 Å². The highest BCUT2D eigenvalue weighted by molar-refractivity contribution is 6.30. The Morgan fingerprint density at radius 3 is 2.35 bits per heavy atom. The molecule has 0 saturated carbocycles. The number of likely N-dealkylation sites (tertiary alicyclic amines) is 1. The normalized spacial score (nSPS) is 24.8. The van der Waals surface area contributed by atoms with Crippen molar-refractivity contribution >= 4 is 35.4 Å². The second-order valence-corrected chi connectivity index (χ2v) is 9.87. The number of benzene rings is 2. The largest absolute Gasteiger partial charge is 0.325 e. The summed E-state index contributed by atoms with van der Waals surface area (Å²) >= 11 is 12.5. The number of aldehydes is 1. The molecular formula is C26H29Cl2NO2.